The van der Waals surface area contributed by atoms with Gasteiger partial charge in [0, 0.05) is 12.2 Å². The molecule has 2 N–H and O–H groups in total. The molecule has 2 aromatic carbocycles. The van der Waals surface area contributed by atoms with Crippen LogP contribution in [0.5, 0.6) is 0 Å². The topological polar surface area (TPSA) is 58.2 Å². The summed E-state index contributed by atoms with van der Waals surface area (Å²) in [6, 6.07) is 15.5. The molecule has 2 rings (SSSR count). The van der Waals surface area contributed by atoms with Crippen LogP contribution in [-0.4, -0.2) is 11.8 Å². The molecule has 0 aliphatic carbocycles. The second-order valence-corrected chi connectivity index (χ2v) is 5.32. The fourth-order valence-corrected chi connectivity index (χ4v) is 2.29. The number of hydrogen-bond acceptors (Lipinski definition) is 2. The monoisotopic (exact) mass is 310 g/mol. The highest BCUT2D eigenvalue weighted by Gasteiger charge is 2.14. The van der Waals surface area contributed by atoms with Crippen LogP contribution >= 0.6 is 0 Å². The highest BCUT2D eigenvalue weighted by Crippen LogP contribution is 2.15. The summed E-state index contributed by atoms with van der Waals surface area (Å²) >= 11 is 0. The standard InChI is InChI=1S/C19H22N2O2/c1-3-14-9-11-15(12-10-14)13-20-18(22)19(23)21-17-8-6-5-7-16(17)4-2/h5-12H,3-4,13H2,1-2H3,(H,20,22)(H,21,23). The van der Waals surface area contributed by atoms with E-state index in [0.29, 0.717) is 12.2 Å². The van der Waals surface area contributed by atoms with Gasteiger partial charge in [-0.3, -0.25) is 9.59 Å². The lowest BCUT2D eigenvalue weighted by Crippen LogP contribution is -2.35. The van der Waals surface area contributed by atoms with Gasteiger partial charge >= 0.3 is 11.8 Å². The fourth-order valence-electron chi connectivity index (χ4n) is 2.29. The minimum atomic E-state index is -0.643. The molecule has 0 radical (unpaired) electrons. The van der Waals surface area contributed by atoms with Crippen molar-refractivity contribution < 1.29 is 9.59 Å². The van der Waals surface area contributed by atoms with E-state index in [-0.39, 0.29) is 0 Å². The zero-order valence-electron chi connectivity index (χ0n) is 13.6. The Morgan fingerprint density at radius 3 is 2.13 bits per heavy atom. The minimum Gasteiger partial charge on any atom is -0.344 e. The first-order valence-corrected chi connectivity index (χ1v) is 7.89. The molecule has 0 unspecified atom stereocenters. The van der Waals surface area contributed by atoms with Gasteiger partial charge in [-0.05, 0) is 35.6 Å². The Kier molecular flexibility index (Phi) is 5.92. The Balaban J connectivity index is 1.90. The van der Waals surface area contributed by atoms with Crippen LogP contribution < -0.4 is 10.6 Å². The quantitative estimate of drug-likeness (QED) is 0.834. The number of aryl methyl sites for hydroxylation is 2. The van der Waals surface area contributed by atoms with Gasteiger partial charge in [0.25, 0.3) is 0 Å². The average Bonchev–Trinajstić information content (AvgIpc) is 2.60. The third-order valence-corrected chi connectivity index (χ3v) is 3.74. The van der Waals surface area contributed by atoms with Gasteiger partial charge < -0.3 is 10.6 Å². The molecule has 0 saturated heterocycles. The molecule has 0 aliphatic heterocycles. The van der Waals surface area contributed by atoms with E-state index in [2.05, 4.69) is 17.6 Å². The number of para-hydroxylation sites is 1. The third-order valence-electron chi connectivity index (χ3n) is 3.74. The van der Waals surface area contributed by atoms with Crippen molar-refractivity contribution in [1.29, 1.82) is 0 Å². The number of rotatable bonds is 5. The van der Waals surface area contributed by atoms with Crippen molar-refractivity contribution in [2.24, 2.45) is 0 Å². The molecule has 23 heavy (non-hydrogen) atoms. The summed E-state index contributed by atoms with van der Waals surface area (Å²) in [4.78, 5) is 23.9. The number of hydrogen-bond donors (Lipinski definition) is 2. The summed E-state index contributed by atoms with van der Waals surface area (Å²) in [7, 11) is 0. The Bertz CT molecular complexity index is 678. The first-order valence-electron chi connectivity index (χ1n) is 7.89. The molecule has 4 nitrogen and oxygen atoms in total. The maximum atomic E-state index is 12.0. The normalized spacial score (nSPS) is 10.2. The summed E-state index contributed by atoms with van der Waals surface area (Å²) in [6.07, 6.45) is 1.77. The molecule has 0 saturated carbocycles. The van der Waals surface area contributed by atoms with Gasteiger partial charge in [0.15, 0.2) is 0 Å². The van der Waals surface area contributed by atoms with E-state index in [1.54, 1.807) is 6.07 Å². The summed E-state index contributed by atoms with van der Waals surface area (Å²) in [6.45, 7) is 4.44. The molecular weight excluding hydrogens is 288 g/mol. The van der Waals surface area contributed by atoms with Crippen molar-refractivity contribution >= 4 is 17.5 Å². The number of anilines is 1. The van der Waals surface area contributed by atoms with Crippen LogP contribution in [0.4, 0.5) is 5.69 Å². The third kappa shape index (κ3) is 4.68. The Morgan fingerprint density at radius 2 is 1.48 bits per heavy atom. The second-order valence-electron chi connectivity index (χ2n) is 5.32. The molecular formula is C19H22N2O2. The van der Waals surface area contributed by atoms with Crippen molar-refractivity contribution in [3.05, 3.63) is 65.2 Å². The van der Waals surface area contributed by atoms with E-state index < -0.39 is 11.8 Å². The molecule has 120 valence electrons. The zero-order valence-corrected chi connectivity index (χ0v) is 13.6. The van der Waals surface area contributed by atoms with Crippen molar-refractivity contribution in [1.82, 2.24) is 5.32 Å². The van der Waals surface area contributed by atoms with Gasteiger partial charge in [0.1, 0.15) is 0 Å². The molecule has 0 heterocycles. The lowest BCUT2D eigenvalue weighted by Gasteiger charge is -2.10. The van der Waals surface area contributed by atoms with Gasteiger partial charge in [0.2, 0.25) is 0 Å². The van der Waals surface area contributed by atoms with Crippen LogP contribution in [-0.2, 0) is 29.0 Å². The predicted molar refractivity (Wildman–Crippen MR) is 92.1 cm³/mol. The maximum Gasteiger partial charge on any atom is 0.313 e. The molecule has 4 heteroatoms. The van der Waals surface area contributed by atoms with Gasteiger partial charge in [-0.25, -0.2) is 0 Å². The van der Waals surface area contributed by atoms with E-state index in [0.717, 1.165) is 24.0 Å². The minimum absolute atomic E-state index is 0.339. The van der Waals surface area contributed by atoms with Crippen molar-refractivity contribution in [2.45, 2.75) is 33.2 Å². The molecule has 0 spiro atoms. The molecule has 0 bridgehead atoms. The Labute approximate surface area is 136 Å². The zero-order chi connectivity index (χ0) is 16.7. The largest absolute Gasteiger partial charge is 0.344 e. The van der Waals surface area contributed by atoms with Crippen LogP contribution in [0.1, 0.15) is 30.5 Å². The second kappa shape index (κ2) is 8.13. The van der Waals surface area contributed by atoms with E-state index in [9.17, 15) is 9.59 Å². The van der Waals surface area contributed by atoms with Crippen molar-refractivity contribution in [3.8, 4) is 0 Å². The number of nitrogens with one attached hydrogen (secondary N) is 2. The molecule has 0 atom stereocenters. The van der Waals surface area contributed by atoms with Crippen LogP contribution in [0.3, 0.4) is 0 Å². The summed E-state index contributed by atoms with van der Waals surface area (Å²) in [5.41, 5.74) is 3.90. The van der Waals surface area contributed by atoms with Crippen LogP contribution in [0.25, 0.3) is 0 Å². The molecule has 0 aliphatic rings. The number of benzene rings is 2. The van der Waals surface area contributed by atoms with E-state index >= 15 is 0 Å². The summed E-state index contributed by atoms with van der Waals surface area (Å²) in [5.74, 6) is -1.27. The van der Waals surface area contributed by atoms with Gasteiger partial charge in [-0.1, -0.05) is 56.3 Å². The lowest BCUT2D eigenvalue weighted by atomic mass is 10.1. The van der Waals surface area contributed by atoms with Crippen LogP contribution in [0.2, 0.25) is 0 Å². The highest BCUT2D eigenvalue weighted by molar-refractivity contribution is 6.39. The molecule has 2 amide bonds. The van der Waals surface area contributed by atoms with Crippen molar-refractivity contribution in [3.63, 3.8) is 0 Å². The Morgan fingerprint density at radius 1 is 0.826 bits per heavy atom. The van der Waals surface area contributed by atoms with Gasteiger partial charge in [-0.2, -0.15) is 0 Å². The maximum absolute atomic E-state index is 12.0. The summed E-state index contributed by atoms with van der Waals surface area (Å²) in [5, 5.41) is 5.31. The molecule has 0 aromatic heterocycles. The highest BCUT2D eigenvalue weighted by atomic mass is 16.2. The number of carbonyl (C=O) groups excluding carboxylic acids is 2. The first-order chi connectivity index (χ1) is 11.1. The van der Waals surface area contributed by atoms with Gasteiger partial charge in [0.05, 0.1) is 0 Å². The lowest BCUT2D eigenvalue weighted by molar-refractivity contribution is -0.136. The van der Waals surface area contributed by atoms with E-state index in [1.165, 1.54) is 5.56 Å². The smallest absolute Gasteiger partial charge is 0.313 e. The van der Waals surface area contributed by atoms with Gasteiger partial charge in [-0.15, -0.1) is 0 Å². The molecule has 0 fully saturated rings. The average molecular weight is 310 g/mol. The van der Waals surface area contributed by atoms with Crippen molar-refractivity contribution in [2.75, 3.05) is 5.32 Å². The fraction of sp³-hybridized carbons (Fsp3) is 0.263. The first kappa shape index (κ1) is 16.7. The molecule has 2 aromatic rings. The number of carbonyl (C=O) groups is 2. The van der Waals surface area contributed by atoms with Crippen LogP contribution in [0, 0.1) is 0 Å². The van der Waals surface area contributed by atoms with E-state index in [4.69, 9.17) is 0 Å². The van der Waals surface area contributed by atoms with Crippen LogP contribution in [0.15, 0.2) is 48.5 Å². The summed E-state index contributed by atoms with van der Waals surface area (Å²) < 4.78 is 0. The Hall–Kier alpha value is -2.62. The predicted octanol–water partition coefficient (Wildman–Crippen LogP) is 3.07. The SMILES string of the molecule is CCc1ccc(CNC(=O)C(=O)Nc2ccccc2CC)cc1. The number of amides is 2. The van der Waals surface area contributed by atoms with E-state index in [1.807, 2.05) is 49.4 Å².